The summed E-state index contributed by atoms with van der Waals surface area (Å²) in [5.41, 5.74) is 0.437. The van der Waals surface area contributed by atoms with Crippen LogP contribution in [0.15, 0.2) is 22.3 Å². The number of hydrogen-bond acceptors (Lipinski definition) is 4. The van der Waals surface area contributed by atoms with E-state index in [0.717, 1.165) is 10.2 Å². The number of aromatic nitrogens is 3. The van der Waals surface area contributed by atoms with Crippen molar-refractivity contribution in [2.45, 2.75) is 6.61 Å². The van der Waals surface area contributed by atoms with Gasteiger partial charge in [0.2, 0.25) is 0 Å². The van der Waals surface area contributed by atoms with Crippen LogP contribution in [0.4, 0.5) is 0 Å². The first-order chi connectivity index (χ1) is 7.81. The van der Waals surface area contributed by atoms with E-state index in [0.29, 0.717) is 17.9 Å². The summed E-state index contributed by atoms with van der Waals surface area (Å²) in [4.78, 5) is 12.7. The third kappa shape index (κ3) is 1.20. The van der Waals surface area contributed by atoms with E-state index in [9.17, 15) is 4.79 Å². The first-order valence-corrected chi connectivity index (χ1v) is 5.64. The van der Waals surface area contributed by atoms with Gasteiger partial charge in [0.1, 0.15) is 17.0 Å². The van der Waals surface area contributed by atoms with E-state index in [-0.39, 0.29) is 5.56 Å². The lowest BCUT2D eigenvalue weighted by Gasteiger charge is -2.02. The van der Waals surface area contributed by atoms with Crippen molar-refractivity contribution in [2.24, 2.45) is 0 Å². The second kappa shape index (κ2) is 3.43. The highest BCUT2D eigenvalue weighted by Crippen LogP contribution is 2.24. The Kier molecular flexibility index (Phi) is 2.05. The Morgan fingerprint density at radius 3 is 3.31 bits per heavy atom. The Morgan fingerprint density at radius 1 is 1.62 bits per heavy atom. The van der Waals surface area contributed by atoms with E-state index in [4.69, 9.17) is 4.74 Å². The van der Waals surface area contributed by atoms with Gasteiger partial charge in [-0.1, -0.05) is 0 Å². The van der Waals surface area contributed by atoms with Crippen molar-refractivity contribution in [3.05, 3.63) is 33.7 Å². The third-order valence-corrected chi connectivity index (χ3v) is 3.37. The van der Waals surface area contributed by atoms with E-state index < -0.39 is 0 Å². The van der Waals surface area contributed by atoms with Gasteiger partial charge in [-0.05, 0) is 17.5 Å². The van der Waals surface area contributed by atoms with Crippen LogP contribution in [0.5, 0.6) is 0 Å². The van der Waals surface area contributed by atoms with E-state index >= 15 is 0 Å². The lowest BCUT2D eigenvalue weighted by Crippen LogP contribution is -2.15. The molecule has 0 saturated carbocycles. The molecule has 0 bridgehead atoms. The van der Waals surface area contributed by atoms with Crippen LogP contribution in [0, 0.1) is 0 Å². The zero-order chi connectivity index (χ0) is 11.1. The lowest BCUT2D eigenvalue weighted by molar-refractivity contribution is 0.176. The number of thiophene rings is 1. The summed E-state index contributed by atoms with van der Waals surface area (Å²) in [5.74, 6) is 0.703. The second-order valence-corrected chi connectivity index (χ2v) is 4.34. The van der Waals surface area contributed by atoms with Crippen molar-refractivity contribution in [3.63, 3.8) is 0 Å². The molecule has 82 valence electrons. The SMILES string of the molecule is COCc1n[nH]c(=O)c2cc3ccsc3n12. The van der Waals surface area contributed by atoms with E-state index in [1.54, 1.807) is 18.4 Å². The number of rotatable bonds is 2. The number of ether oxygens (including phenoxy) is 1. The zero-order valence-electron chi connectivity index (χ0n) is 8.56. The van der Waals surface area contributed by atoms with E-state index in [2.05, 4.69) is 10.2 Å². The van der Waals surface area contributed by atoms with Crippen LogP contribution in [0.25, 0.3) is 15.7 Å². The van der Waals surface area contributed by atoms with Gasteiger partial charge in [0.05, 0.1) is 0 Å². The summed E-state index contributed by atoms with van der Waals surface area (Å²) in [5, 5.41) is 9.53. The Labute approximate surface area is 94.3 Å². The molecule has 5 nitrogen and oxygen atoms in total. The molecule has 6 heteroatoms. The molecular weight excluding hydrogens is 226 g/mol. The van der Waals surface area contributed by atoms with Crippen LogP contribution in [0.3, 0.4) is 0 Å². The highest BCUT2D eigenvalue weighted by atomic mass is 32.1. The number of H-pyrrole nitrogens is 1. The summed E-state index contributed by atoms with van der Waals surface area (Å²) in [6, 6.07) is 3.86. The van der Waals surface area contributed by atoms with E-state index in [1.807, 2.05) is 21.9 Å². The van der Waals surface area contributed by atoms with Gasteiger partial charge in [-0.3, -0.25) is 9.20 Å². The summed E-state index contributed by atoms with van der Waals surface area (Å²) < 4.78 is 6.92. The van der Waals surface area contributed by atoms with Crippen LogP contribution >= 0.6 is 11.3 Å². The third-order valence-electron chi connectivity index (χ3n) is 2.46. The second-order valence-electron chi connectivity index (χ2n) is 3.45. The molecule has 1 N–H and O–H groups in total. The molecular formula is C10H9N3O2S. The first-order valence-electron chi connectivity index (χ1n) is 4.76. The predicted octanol–water partition coefficient (Wildman–Crippen LogP) is 1.38. The zero-order valence-corrected chi connectivity index (χ0v) is 9.37. The van der Waals surface area contributed by atoms with Gasteiger partial charge in [-0.25, -0.2) is 5.10 Å². The monoisotopic (exact) mass is 235 g/mol. The highest BCUT2D eigenvalue weighted by molar-refractivity contribution is 7.16. The van der Waals surface area contributed by atoms with Gasteiger partial charge in [-0.2, -0.15) is 5.10 Å². The van der Waals surface area contributed by atoms with Crippen molar-refractivity contribution in [3.8, 4) is 0 Å². The fraction of sp³-hybridized carbons (Fsp3) is 0.200. The number of methoxy groups -OCH3 is 1. The molecule has 3 aromatic heterocycles. The first kappa shape index (κ1) is 9.56. The molecule has 0 aliphatic heterocycles. The maximum atomic E-state index is 11.6. The van der Waals surface area contributed by atoms with E-state index in [1.165, 1.54) is 0 Å². The number of aromatic amines is 1. The average molecular weight is 235 g/mol. The molecule has 0 amide bonds. The molecule has 0 spiro atoms. The number of nitrogens with one attached hydrogen (secondary N) is 1. The molecule has 0 atom stereocenters. The molecule has 0 saturated heterocycles. The van der Waals surface area contributed by atoms with Crippen molar-refractivity contribution in [2.75, 3.05) is 7.11 Å². The maximum Gasteiger partial charge on any atom is 0.288 e. The van der Waals surface area contributed by atoms with Gasteiger partial charge < -0.3 is 4.74 Å². The summed E-state index contributed by atoms with van der Waals surface area (Å²) in [7, 11) is 1.60. The molecule has 0 unspecified atom stereocenters. The molecule has 0 aliphatic carbocycles. The molecule has 3 aromatic rings. The Bertz CT molecular complexity index is 710. The standard InChI is InChI=1S/C10H9N3O2S/c1-15-5-8-11-12-9(14)7-4-6-2-3-16-10(6)13(7)8/h2-4H,5H2,1H3,(H,12,14). The normalized spacial score (nSPS) is 11.6. The Morgan fingerprint density at radius 2 is 2.50 bits per heavy atom. The van der Waals surface area contributed by atoms with Gasteiger partial charge >= 0.3 is 0 Å². The van der Waals surface area contributed by atoms with Crippen LogP contribution in [0.1, 0.15) is 5.82 Å². The number of fused-ring (bicyclic) bond motifs is 3. The Balaban J connectivity index is 2.50. The quantitative estimate of drug-likeness (QED) is 0.730. The predicted molar refractivity (Wildman–Crippen MR) is 61.9 cm³/mol. The van der Waals surface area contributed by atoms with Crippen molar-refractivity contribution < 1.29 is 4.74 Å². The average Bonchev–Trinajstić information content (AvgIpc) is 2.82. The van der Waals surface area contributed by atoms with Crippen LogP contribution in [0.2, 0.25) is 0 Å². The fourth-order valence-corrected chi connectivity index (χ4v) is 2.71. The largest absolute Gasteiger partial charge is 0.377 e. The topological polar surface area (TPSA) is 59.4 Å². The van der Waals surface area contributed by atoms with Crippen LogP contribution in [-0.2, 0) is 11.3 Å². The molecule has 0 aliphatic rings. The minimum absolute atomic E-state index is 0.178. The Hall–Kier alpha value is -1.66. The van der Waals surface area contributed by atoms with Crippen molar-refractivity contribution in [1.82, 2.24) is 14.6 Å². The molecule has 3 rings (SSSR count). The minimum atomic E-state index is -0.178. The smallest absolute Gasteiger partial charge is 0.288 e. The van der Waals surface area contributed by atoms with Crippen molar-refractivity contribution in [1.29, 1.82) is 0 Å². The summed E-state index contributed by atoms with van der Waals surface area (Å²) >= 11 is 1.59. The fourth-order valence-electron chi connectivity index (χ4n) is 1.80. The van der Waals surface area contributed by atoms with Crippen LogP contribution < -0.4 is 5.56 Å². The molecule has 16 heavy (non-hydrogen) atoms. The molecule has 0 radical (unpaired) electrons. The van der Waals surface area contributed by atoms with Gasteiger partial charge in [-0.15, -0.1) is 11.3 Å². The summed E-state index contributed by atoms with van der Waals surface area (Å²) in [6.45, 7) is 0.370. The molecule has 0 fully saturated rings. The van der Waals surface area contributed by atoms with Crippen molar-refractivity contribution >= 4 is 27.1 Å². The summed E-state index contributed by atoms with van der Waals surface area (Å²) in [6.07, 6.45) is 0. The number of nitrogens with zero attached hydrogens (tertiary/aromatic N) is 2. The molecule has 3 heterocycles. The number of hydrogen-bond donors (Lipinski definition) is 1. The molecule has 0 aromatic carbocycles. The lowest BCUT2D eigenvalue weighted by atomic mass is 10.4. The van der Waals surface area contributed by atoms with Crippen LogP contribution in [-0.4, -0.2) is 21.7 Å². The van der Waals surface area contributed by atoms with Gasteiger partial charge in [0.15, 0.2) is 5.82 Å². The highest BCUT2D eigenvalue weighted by Gasteiger charge is 2.11. The van der Waals surface area contributed by atoms with Gasteiger partial charge in [0.25, 0.3) is 5.56 Å². The maximum absolute atomic E-state index is 11.6. The van der Waals surface area contributed by atoms with Gasteiger partial charge in [0, 0.05) is 12.5 Å². The minimum Gasteiger partial charge on any atom is -0.377 e.